The molecule has 176 valence electrons. The van der Waals surface area contributed by atoms with Crippen LogP contribution in [-0.4, -0.2) is 41.4 Å². The molecule has 0 aromatic rings. The molecule has 2 saturated heterocycles. The summed E-state index contributed by atoms with van der Waals surface area (Å²) in [5.74, 6) is 3.71. The molecular formula is C27H45NO3. The maximum Gasteiger partial charge on any atom is 0.311 e. The molecule has 2 saturated carbocycles. The number of Topliss-reactive ketones (excluding diaryl/α,β-unsaturated/α-hetero) is 1. The minimum atomic E-state index is -0.429. The van der Waals surface area contributed by atoms with E-state index in [1.807, 2.05) is 20.8 Å². The molecule has 0 aromatic carbocycles. The lowest BCUT2D eigenvalue weighted by atomic mass is 9.50. The highest BCUT2D eigenvalue weighted by Crippen LogP contribution is 2.64. The van der Waals surface area contributed by atoms with Crippen molar-refractivity contribution in [3.05, 3.63) is 0 Å². The fourth-order valence-electron chi connectivity index (χ4n) is 8.46. The molecule has 2 aliphatic heterocycles. The number of hydrogen-bond donors (Lipinski definition) is 0. The van der Waals surface area contributed by atoms with Gasteiger partial charge in [-0.15, -0.1) is 0 Å². The Bertz CT molecular complexity index is 726. The van der Waals surface area contributed by atoms with E-state index in [2.05, 4.69) is 32.6 Å². The van der Waals surface area contributed by atoms with Crippen LogP contribution in [0.3, 0.4) is 0 Å². The van der Waals surface area contributed by atoms with Gasteiger partial charge in [0.25, 0.3) is 0 Å². The maximum atomic E-state index is 12.4. The number of esters is 1. The molecule has 0 radical (unpaired) electrons. The van der Waals surface area contributed by atoms with E-state index in [0.717, 1.165) is 37.1 Å². The zero-order valence-electron chi connectivity index (χ0n) is 21.0. The summed E-state index contributed by atoms with van der Waals surface area (Å²) in [6, 6.07) is 0.0989. The summed E-state index contributed by atoms with van der Waals surface area (Å²) in [6.45, 7) is 16.9. The van der Waals surface area contributed by atoms with Gasteiger partial charge in [0.2, 0.25) is 0 Å². The zero-order chi connectivity index (χ0) is 22.8. The molecule has 4 rings (SSSR count). The van der Waals surface area contributed by atoms with E-state index in [-0.39, 0.29) is 17.6 Å². The summed E-state index contributed by atoms with van der Waals surface area (Å²) in [5.41, 5.74) is 0.134. The average molecular weight is 432 g/mol. The van der Waals surface area contributed by atoms with Crippen molar-refractivity contribution in [2.45, 2.75) is 105 Å². The minimum Gasteiger partial charge on any atom is -0.465 e. The predicted octanol–water partition coefficient (Wildman–Crippen LogP) is 5.49. The molecule has 4 fully saturated rings. The third kappa shape index (κ3) is 3.69. The van der Waals surface area contributed by atoms with Crippen molar-refractivity contribution < 1.29 is 14.3 Å². The van der Waals surface area contributed by atoms with Gasteiger partial charge in [-0.1, -0.05) is 13.8 Å². The first kappa shape index (κ1) is 23.3. The van der Waals surface area contributed by atoms with Gasteiger partial charge in [-0.25, -0.2) is 0 Å². The van der Waals surface area contributed by atoms with E-state index in [1.54, 1.807) is 0 Å². The van der Waals surface area contributed by atoms with Crippen LogP contribution in [0.5, 0.6) is 0 Å². The van der Waals surface area contributed by atoms with Crippen LogP contribution in [0.1, 0.15) is 93.4 Å². The Morgan fingerprint density at radius 3 is 2.52 bits per heavy atom. The summed E-state index contributed by atoms with van der Waals surface area (Å²) in [6.07, 6.45) is 8.22. The van der Waals surface area contributed by atoms with Crippen LogP contribution in [0.4, 0.5) is 0 Å². The number of ether oxygens (including phenoxy) is 1. The number of fused-ring (bicyclic) bond motifs is 5. The molecule has 0 spiro atoms. The van der Waals surface area contributed by atoms with Crippen LogP contribution in [0, 0.1) is 40.4 Å². The van der Waals surface area contributed by atoms with Gasteiger partial charge in [-0.2, -0.15) is 0 Å². The van der Waals surface area contributed by atoms with E-state index in [9.17, 15) is 9.59 Å². The largest absolute Gasteiger partial charge is 0.465 e. The highest BCUT2D eigenvalue weighted by molar-refractivity contribution is 5.84. The first-order valence-electron chi connectivity index (χ1n) is 12.9. The molecular weight excluding hydrogens is 386 g/mol. The van der Waals surface area contributed by atoms with Crippen LogP contribution in [0.15, 0.2) is 0 Å². The van der Waals surface area contributed by atoms with Gasteiger partial charge >= 0.3 is 5.97 Å². The van der Waals surface area contributed by atoms with Crippen molar-refractivity contribution in [1.82, 2.24) is 4.90 Å². The highest BCUT2D eigenvalue weighted by Gasteiger charge is 2.61. The lowest BCUT2D eigenvalue weighted by Crippen LogP contribution is -2.67. The number of ketones is 1. The second-order valence-electron chi connectivity index (χ2n) is 12.9. The van der Waals surface area contributed by atoms with Crippen LogP contribution >= 0.6 is 0 Å². The Balaban J connectivity index is 1.48. The van der Waals surface area contributed by atoms with Crippen molar-refractivity contribution in [2.24, 2.45) is 40.4 Å². The van der Waals surface area contributed by atoms with Crippen molar-refractivity contribution in [3.63, 3.8) is 0 Å². The molecule has 0 N–H and O–H groups in total. The fourth-order valence-corrected chi connectivity index (χ4v) is 8.46. The average Bonchev–Trinajstić information content (AvgIpc) is 3.05. The Morgan fingerprint density at radius 1 is 1.13 bits per heavy atom. The fraction of sp³-hybridized carbons (Fsp3) is 0.926. The minimum absolute atomic E-state index is 0.0796. The number of piperidine rings is 2. The topological polar surface area (TPSA) is 46.6 Å². The summed E-state index contributed by atoms with van der Waals surface area (Å²) in [5, 5.41) is 0. The zero-order valence-corrected chi connectivity index (χ0v) is 21.0. The molecule has 2 heterocycles. The Kier molecular flexibility index (Phi) is 5.89. The number of rotatable bonds is 3. The van der Waals surface area contributed by atoms with E-state index in [0.29, 0.717) is 29.6 Å². The van der Waals surface area contributed by atoms with Gasteiger partial charge in [0.05, 0.1) is 18.1 Å². The predicted molar refractivity (Wildman–Crippen MR) is 124 cm³/mol. The first-order chi connectivity index (χ1) is 14.4. The number of carbonyl (C=O) groups excluding carboxylic acids is 2. The normalized spacial score (nSPS) is 44.2. The summed E-state index contributed by atoms with van der Waals surface area (Å²) in [4.78, 5) is 27.3. The lowest BCUT2D eigenvalue weighted by molar-refractivity contribution is -0.158. The van der Waals surface area contributed by atoms with Gasteiger partial charge < -0.3 is 4.74 Å². The standard InChI is InChI=1S/C27H45NO3/c1-17(16-31-24(30)25(3,4)5)20-8-9-21-19-12-15-28-18(2)23(29)11-14-27(28,7)22(19)10-13-26(20,21)6/h17-22H,8-16H2,1-7H3/t17?,18?,19-,20+,21-,22-,26+,27+/m0/s1. The van der Waals surface area contributed by atoms with Crippen molar-refractivity contribution in [3.8, 4) is 0 Å². The van der Waals surface area contributed by atoms with Crippen LogP contribution in [0.2, 0.25) is 0 Å². The maximum absolute atomic E-state index is 12.4. The second-order valence-corrected chi connectivity index (χ2v) is 12.9. The molecule has 4 aliphatic rings. The third-order valence-electron chi connectivity index (χ3n) is 10.3. The summed E-state index contributed by atoms with van der Waals surface area (Å²) < 4.78 is 5.74. The number of nitrogens with zero attached hydrogens (tertiary/aromatic N) is 1. The molecule has 0 bridgehead atoms. The summed E-state index contributed by atoms with van der Waals surface area (Å²) in [7, 11) is 0. The highest BCUT2D eigenvalue weighted by atomic mass is 16.5. The monoisotopic (exact) mass is 431 g/mol. The van der Waals surface area contributed by atoms with Gasteiger partial charge in [0.1, 0.15) is 5.78 Å². The quantitative estimate of drug-likeness (QED) is 0.555. The second kappa shape index (κ2) is 7.85. The van der Waals surface area contributed by atoms with Crippen molar-refractivity contribution in [1.29, 1.82) is 0 Å². The molecule has 0 aromatic heterocycles. The van der Waals surface area contributed by atoms with Crippen molar-refractivity contribution >= 4 is 11.8 Å². The molecule has 2 unspecified atom stereocenters. The number of carbonyl (C=O) groups is 2. The molecule has 8 atom stereocenters. The van der Waals surface area contributed by atoms with Gasteiger partial charge in [0.15, 0.2) is 0 Å². The molecule has 4 nitrogen and oxygen atoms in total. The Morgan fingerprint density at radius 2 is 1.84 bits per heavy atom. The molecule has 2 aliphatic carbocycles. The molecule has 0 amide bonds. The molecule has 4 heteroatoms. The van der Waals surface area contributed by atoms with Crippen LogP contribution in [0.25, 0.3) is 0 Å². The number of hydrogen-bond acceptors (Lipinski definition) is 4. The molecule has 31 heavy (non-hydrogen) atoms. The van der Waals surface area contributed by atoms with E-state index in [1.165, 1.54) is 32.1 Å². The van der Waals surface area contributed by atoms with Gasteiger partial charge in [0, 0.05) is 12.0 Å². The van der Waals surface area contributed by atoms with Gasteiger partial charge in [-0.05, 0) is 115 Å². The lowest BCUT2D eigenvalue weighted by Gasteiger charge is -2.63. The van der Waals surface area contributed by atoms with E-state index >= 15 is 0 Å². The van der Waals surface area contributed by atoms with Crippen LogP contribution < -0.4 is 0 Å². The van der Waals surface area contributed by atoms with E-state index in [4.69, 9.17) is 4.74 Å². The van der Waals surface area contributed by atoms with Gasteiger partial charge in [-0.3, -0.25) is 14.5 Å². The third-order valence-corrected chi connectivity index (χ3v) is 10.3. The van der Waals surface area contributed by atoms with Crippen LogP contribution in [-0.2, 0) is 14.3 Å². The van der Waals surface area contributed by atoms with E-state index < -0.39 is 5.41 Å². The van der Waals surface area contributed by atoms with Crippen molar-refractivity contribution in [2.75, 3.05) is 13.2 Å². The smallest absolute Gasteiger partial charge is 0.311 e. The SMILES string of the molecule is CC(COC(=O)C(C)(C)C)[C@H]1CC[C@H]2[C@@H]3CCN4C(C)C(=O)CC[C@]4(C)[C@H]3CC[C@]12C. The summed E-state index contributed by atoms with van der Waals surface area (Å²) >= 11 is 0. The Hall–Kier alpha value is -0.900. The Labute approximate surface area is 189 Å². The first-order valence-corrected chi connectivity index (χ1v) is 12.9.